The normalized spacial score (nSPS) is 12.2. The summed E-state index contributed by atoms with van der Waals surface area (Å²) in [5.41, 5.74) is 1.49. The van der Waals surface area contributed by atoms with Crippen molar-refractivity contribution >= 4 is 0 Å². The molecule has 1 N–H and O–H groups in total. The van der Waals surface area contributed by atoms with Crippen molar-refractivity contribution in [3.8, 4) is 5.75 Å². The molecule has 0 saturated heterocycles. The maximum atomic E-state index is 13.5. The highest BCUT2D eigenvalue weighted by Crippen LogP contribution is 2.29. The lowest BCUT2D eigenvalue weighted by molar-refractivity contribution is 0.403. The first kappa shape index (κ1) is 13.4. The van der Waals surface area contributed by atoms with Crippen molar-refractivity contribution in [2.45, 2.75) is 13.0 Å². The van der Waals surface area contributed by atoms with Crippen LogP contribution in [0.2, 0.25) is 0 Å². The summed E-state index contributed by atoms with van der Waals surface area (Å²) in [6.45, 7) is 1.82. The summed E-state index contributed by atoms with van der Waals surface area (Å²) in [6.07, 6.45) is 1.69. The van der Waals surface area contributed by atoms with Crippen molar-refractivity contribution in [1.29, 1.82) is 0 Å². The molecule has 0 spiro atoms. The van der Waals surface area contributed by atoms with E-state index < -0.39 is 0 Å². The van der Waals surface area contributed by atoms with E-state index in [9.17, 15) is 4.39 Å². The highest BCUT2D eigenvalue weighted by Gasteiger charge is 2.18. The molecule has 5 heteroatoms. The first-order chi connectivity index (χ1) is 9.15. The summed E-state index contributed by atoms with van der Waals surface area (Å²) in [6, 6.07) is 6.01. The van der Waals surface area contributed by atoms with Crippen LogP contribution in [-0.4, -0.2) is 24.1 Å². The number of hydrogen-bond acceptors (Lipinski definition) is 4. The Bertz CT molecular complexity index is 574. The fourth-order valence-electron chi connectivity index (χ4n) is 2.03. The van der Waals surface area contributed by atoms with Gasteiger partial charge in [-0.3, -0.25) is 0 Å². The van der Waals surface area contributed by atoms with Crippen molar-refractivity contribution in [3.63, 3.8) is 0 Å². The van der Waals surface area contributed by atoms with Gasteiger partial charge in [0, 0.05) is 11.8 Å². The predicted octanol–water partition coefficient (Wildman–Crippen LogP) is 2.24. The lowest BCUT2D eigenvalue weighted by atomic mass is 10.0. The minimum atomic E-state index is -0.304. The lowest BCUT2D eigenvalue weighted by Crippen LogP contribution is -2.20. The van der Waals surface area contributed by atoms with Gasteiger partial charge in [-0.15, -0.1) is 0 Å². The molecule has 0 aliphatic rings. The molecule has 2 aromatic rings. The number of methoxy groups -OCH3 is 1. The average Bonchev–Trinajstić information content (AvgIpc) is 2.40. The van der Waals surface area contributed by atoms with Crippen LogP contribution in [0, 0.1) is 12.7 Å². The Hall–Kier alpha value is -2.01. The third-order valence-electron chi connectivity index (χ3n) is 2.88. The number of nitrogens with zero attached hydrogens (tertiary/aromatic N) is 2. The molecule has 4 nitrogen and oxygen atoms in total. The Kier molecular flexibility index (Phi) is 4.06. The Morgan fingerprint density at radius 2 is 2.11 bits per heavy atom. The van der Waals surface area contributed by atoms with Crippen LogP contribution in [0.5, 0.6) is 5.75 Å². The maximum Gasteiger partial charge on any atom is 0.125 e. The van der Waals surface area contributed by atoms with E-state index in [1.54, 1.807) is 32.5 Å². The Morgan fingerprint density at radius 1 is 1.32 bits per heavy atom. The van der Waals surface area contributed by atoms with Crippen LogP contribution in [-0.2, 0) is 0 Å². The third kappa shape index (κ3) is 2.88. The fourth-order valence-corrected chi connectivity index (χ4v) is 2.03. The van der Waals surface area contributed by atoms with Gasteiger partial charge in [-0.05, 0) is 38.2 Å². The van der Waals surface area contributed by atoms with Crippen molar-refractivity contribution in [3.05, 3.63) is 53.4 Å². The van der Waals surface area contributed by atoms with Crippen LogP contribution < -0.4 is 10.1 Å². The van der Waals surface area contributed by atoms with Gasteiger partial charge in [0.05, 0.1) is 18.8 Å². The molecule has 0 amide bonds. The second-order valence-corrected chi connectivity index (χ2v) is 4.14. The fraction of sp³-hybridized carbons (Fsp3) is 0.286. The van der Waals surface area contributed by atoms with Gasteiger partial charge in [0.15, 0.2) is 0 Å². The van der Waals surface area contributed by atoms with Gasteiger partial charge in [0.25, 0.3) is 0 Å². The number of aromatic nitrogens is 2. The van der Waals surface area contributed by atoms with Crippen molar-refractivity contribution in [1.82, 2.24) is 15.3 Å². The number of ether oxygens (including phenoxy) is 1. The van der Waals surface area contributed by atoms with Crippen LogP contribution in [0.1, 0.15) is 23.1 Å². The van der Waals surface area contributed by atoms with Gasteiger partial charge >= 0.3 is 0 Å². The molecule has 0 radical (unpaired) electrons. The summed E-state index contributed by atoms with van der Waals surface area (Å²) >= 11 is 0. The van der Waals surface area contributed by atoms with Crippen LogP contribution in [0.3, 0.4) is 0 Å². The molecule has 2 rings (SSSR count). The number of hydrogen-bond donors (Lipinski definition) is 1. The molecule has 1 aromatic heterocycles. The standard InChI is InChI=1S/C14H16FN3O/c1-9-17-7-6-12(18-9)14(16-2)11-8-10(15)4-5-13(11)19-3/h4-8,14,16H,1-3H3. The molecule has 0 aliphatic heterocycles. The summed E-state index contributed by atoms with van der Waals surface area (Å²) in [7, 11) is 3.36. The van der Waals surface area contributed by atoms with Gasteiger partial charge in [-0.2, -0.15) is 0 Å². The Labute approximate surface area is 111 Å². The van der Waals surface area contributed by atoms with E-state index in [0.29, 0.717) is 17.1 Å². The molecule has 1 atom stereocenters. The summed E-state index contributed by atoms with van der Waals surface area (Å²) < 4.78 is 18.7. The minimum absolute atomic E-state index is 0.243. The first-order valence-electron chi connectivity index (χ1n) is 5.96. The second-order valence-electron chi connectivity index (χ2n) is 4.14. The quantitative estimate of drug-likeness (QED) is 0.917. The zero-order chi connectivity index (χ0) is 13.8. The second kappa shape index (κ2) is 5.75. The molecule has 1 aromatic carbocycles. The van der Waals surface area contributed by atoms with Gasteiger partial charge < -0.3 is 10.1 Å². The Morgan fingerprint density at radius 3 is 2.74 bits per heavy atom. The lowest BCUT2D eigenvalue weighted by Gasteiger charge is -2.19. The monoisotopic (exact) mass is 261 g/mol. The first-order valence-corrected chi connectivity index (χ1v) is 5.96. The van der Waals surface area contributed by atoms with Gasteiger partial charge in [-0.25, -0.2) is 14.4 Å². The average molecular weight is 261 g/mol. The van der Waals surface area contributed by atoms with E-state index in [1.807, 2.05) is 6.92 Å². The van der Waals surface area contributed by atoms with Crippen molar-refractivity contribution < 1.29 is 9.13 Å². The van der Waals surface area contributed by atoms with E-state index in [0.717, 1.165) is 5.69 Å². The molecule has 19 heavy (non-hydrogen) atoms. The summed E-state index contributed by atoms with van der Waals surface area (Å²) in [5.74, 6) is 0.993. The number of nitrogens with one attached hydrogen (secondary N) is 1. The minimum Gasteiger partial charge on any atom is -0.496 e. The van der Waals surface area contributed by atoms with E-state index in [1.165, 1.54) is 12.1 Å². The largest absolute Gasteiger partial charge is 0.496 e. The number of aryl methyl sites for hydroxylation is 1. The molecular formula is C14H16FN3O. The number of benzene rings is 1. The van der Waals surface area contributed by atoms with Crippen LogP contribution in [0.25, 0.3) is 0 Å². The van der Waals surface area contributed by atoms with Crippen molar-refractivity contribution in [2.24, 2.45) is 0 Å². The smallest absolute Gasteiger partial charge is 0.125 e. The topological polar surface area (TPSA) is 47.0 Å². The SMILES string of the molecule is CNC(c1ccnc(C)n1)c1cc(F)ccc1OC. The zero-order valence-electron chi connectivity index (χ0n) is 11.1. The van der Waals surface area contributed by atoms with Crippen LogP contribution in [0.15, 0.2) is 30.5 Å². The highest BCUT2D eigenvalue weighted by molar-refractivity contribution is 5.40. The van der Waals surface area contributed by atoms with Crippen LogP contribution >= 0.6 is 0 Å². The van der Waals surface area contributed by atoms with Crippen molar-refractivity contribution in [2.75, 3.05) is 14.2 Å². The molecule has 0 bridgehead atoms. The number of rotatable bonds is 4. The molecule has 0 saturated carbocycles. The van der Waals surface area contributed by atoms with E-state index in [2.05, 4.69) is 15.3 Å². The summed E-state index contributed by atoms with van der Waals surface area (Å²) in [4.78, 5) is 8.44. The molecule has 0 aliphatic carbocycles. The van der Waals surface area contributed by atoms with E-state index >= 15 is 0 Å². The molecule has 1 heterocycles. The van der Waals surface area contributed by atoms with E-state index in [4.69, 9.17) is 4.74 Å². The highest BCUT2D eigenvalue weighted by atomic mass is 19.1. The Balaban J connectivity index is 2.50. The van der Waals surface area contributed by atoms with Gasteiger partial charge in [-0.1, -0.05) is 0 Å². The predicted molar refractivity (Wildman–Crippen MR) is 70.6 cm³/mol. The summed E-state index contributed by atoms with van der Waals surface area (Å²) in [5, 5.41) is 3.13. The van der Waals surface area contributed by atoms with Gasteiger partial charge in [0.1, 0.15) is 17.4 Å². The molecule has 100 valence electrons. The van der Waals surface area contributed by atoms with E-state index in [-0.39, 0.29) is 11.9 Å². The number of halogens is 1. The van der Waals surface area contributed by atoms with Gasteiger partial charge in [0.2, 0.25) is 0 Å². The molecule has 0 fully saturated rings. The molecule has 1 unspecified atom stereocenters. The third-order valence-corrected chi connectivity index (χ3v) is 2.88. The van der Waals surface area contributed by atoms with Crippen LogP contribution in [0.4, 0.5) is 4.39 Å². The zero-order valence-corrected chi connectivity index (χ0v) is 11.1. The maximum absolute atomic E-state index is 13.5. The molecular weight excluding hydrogens is 245 g/mol.